The van der Waals surface area contributed by atoms with Gasteiger partial charge >= 0.3 is 5.43 Å². The zero-order valence-electron chi connectivity index (χ0n) is 13.2. The summed E-state index contributed by atoms with van der Waals surface area (Å²) in [4.78, 5) is 10.8. The van der Waals surface area contributed by atoms with Gasteiger partial charge in [0.25, 0.3) is 0 Å². The Hall–Kier alpha value is -1.11. The van der Waals surface area contributed by atoms with Gasteiger partial charge in [0.1, 0.15) is 0 Å². The van der Waals surface area contributed by atoms with Crippen molar-refractivity contribution in [3.63, 3.8) is 0 Å². The molecule has 0 spiro atoms. The summed E-state index contributed by atoms with van der Waals surface area (Å²) in [5, 5.41) is 0. The summed E-state index contributed by atoms with van der Waals surface area (Å²) < 4.78 is 31.4. The molecule has 0 N–H and O–H groups in total. The van der Waals surface area contributed by atoms with Gasteiger partial charge in [-0.3, -0.25) is 0 Å². The first kappa shape index (κ1) is 18.2. The SMILES string of the molecule is Cc1ccc(S(=O)(=O)N2CCC(CCCOC(=O)Cl)CC2)cc1. The Morgan fingerprint density at radius 2 is 1.87 bits per heavy atom. The Bertz CT molecular complexity index is 622. The second-order valence-corrected chi connectivity index (χ2v) is 8.14. The summed E-state index contributed by atoms with van der Waals surface area (Å²) in [7, 11) is -3.39. The molecule has 0 bridgehead atoms. The lowest BCUT2D eigenvalue weighted by Crippen LogP contribution is -2.38. The molecular weight excluding hydrogens is 338 g/mol. The Labute approximate surface area is 142 Å². The number of sulfonamides is 1. The first-order chi connectivity index (χ1) is 10.9. The summed E-state index contributed by atoms with van der Waals surface area (Å²) in [6.07, 6.45) is 3.34. The molecule has 1 heterocycles. The monoisotopic (exact) mass is 359 g/mol. The van der Waals surface area contributed by atoms with E-state index in [0.717, 1.165) is 31.2 Å². The van der Waals surface area contributed by atoms with Gasteiger partial charge in [0.15, 0.2) is 0 Å². The largest absolute Gasteiger partial charge is 0.454 e. The average Bonchev–Trinajstić information content (AvgIpc) is 2.52. The van der Waals surface area contributed by atoms with Crippen LogP contribution in [0.5, 0.6) is 0 Å². The van der Waals surface area contributed by atoms with Crippen molar-refractivity contribution in [1.29, 1.82) is 0 Å². The fraction of sp³-hybridized carbons (Fsp3) is 0.562. The van der Waals surface area contributed by atoms with Crippen LogP contribution >= 0.6 is 11.6 Å². The molecule has 1 fully saturated rings. The van der Waals surface area contributed by atoms with Crippen molar-refractivity contribution in [3.8, 4) is 0 Å². The maximum Gasteiger partial charge on any atom is 0.403 e. The number of hydrogen-bond donors (Lipinski definition) is 0. The van der Waals surface area contributed by atoms with Crippen molar-refractivity contribution < 1.29 is 17.9 Å². The number of carbonyl (C=O) groups excluding carboxylic acids is 1. The van der Waals surface area contributed by atoms with Crippen molar-refractivity contribution >= 4 is 27.1 Å². The minimum Gasteiger partial charge on any atom is -0.454 e. The summed E-state index contributed by atoms with van der Waals surface area (Å²) in [6, 6.07) is 6.96. The Balaban J connectivity index is 1.83. The average molecular weight is 360 g/mol. The number of benzene rings is 1. The number of aryl methyl sites for hydroxylation is 1. The van der Waals surface area contributed by atoms with Crippen LogP contribution in [0, 0.1) is 12.8 Å². The number of nitrogens with zero attached hydrogens (tertiary/aromatic N) is 1. The molecule has 0 amide bonds. The van der Waals surface area contributed by atoms with Crippen molar-refractivity contribution in [2.45, 2.75) is 37.5 Å². The molecule has 0 unspecified atom stereocenters. The summed E-state index contributed by atoms with van der Waals surface area (Å²) in [5.74, 6) is 0.466. The van der Waals surface area contributed by atoms with Crippen LogP contribution < -0.4 is 0 Å². The quantitative estimate of drug-likeness (QED) is 0.575. The molecule has 1 aromatic rings. The highest BCUT2D eigenvalue weighted by Crippen LogP contribution is 2.26. The maximum atomic E-state index is 12.6. The maximum absolute atomic E-state index is 12.6. The van der Waals surface area contributed by atoms with E-state index in [1.165, 1.54) is 0 Å². The van der Waals surface area contributed by atoms with Crippen molar-refractivity contribution in [1.82, 2.24) is 4.31 Å². The molecule has 0 saturated carbocycles. The molecule has 1 saturated heterocycles. The van der Waals surface area contributed by atoms with Crippen LogP contribution in [-0.2, 0) is 14.8 Å². The predicted octanol–water partition coefficient (Wildman–Crippen LogP) is 3.55. The normalized spacial score (nSPS) is 17.1. The molecule has 1 aromatic carbocycles. The minimum atomic E-state index is -3.39. The second kappa shape index (κ2) is 8.13. The topological polar surface area (TPSA) is 63.7 Å². The van der Waals surface area contributed by atoms with Gasteiger partial charge in [0, 0.05) is 24.7 Å². The third-order valence-electron chi connectivity index (χ3n) is 4.20. The van der Waals surface area contributed by atoms with Crippen LogP contribution in [0.1, 0.15) is 31.2 Å². The number of rotatable bonds is 6. The number of piperidine rings is 1. The Morgan fingerprint density at radius 1 is 1.26 bits per heavy atom. The molecule has 7 heteroatoms. The predicted molar refractivity (Wildman–Crippen MR) is 89.1 cm³/mol. The Morgan fingerprint density at radius 3 is 2.43 bits per heavy atom. The van der Waals surface area contributed by atoms with E-state index in [1.54, 1.807) is 16.4 Å². The lowest BCUT2D eigenvalue weighted by molar-refractivity contribution is 0.165. The smallest absolute Gasteiger partial charge is 0.403 e. The standard InChI is InChI=1S/C16H22ClNO4S/c1-13-4-6-15(7-5-13)23(20,21)18-10-8-14(9-11-18)3-2-12-22-16(17)19/h4-7,14H,2-3,8-12H2,1H3. The van der Waals surface area contributed by atoms with Crippen LogP contribution in [-0.4, -0.2) is 37.8 Å². The molecule has 0 aromatic heterocycles. The summed E-state index contributed by atoms with van der Waals surface area (Å²) in [6.45, 7) is 3.33. The summed E-state index contributed by atoms with van der Waals surface area (Å²) >= 11 is 5.10. The van der Waals surface area contributed by atoms with Crippen LogP contribution in [0.2, 0.25) is 0 Å². The van der Waals surface area contributed by atoms with E-state index in [4.69, 9.17) is 16.3 Å². The van der Waals surface area contributed by atoms with Gasteiger partial charge in [0.05, 0.1) is 11.5 Å². The van der Waals surface area contributed by atoms with Crippen LogP contribution in [0.25, 0.3) is 0 Å². The van der Waals surface area contributed by atoms with E-state index >= 15 is 0 Å². The van der Waals surface area contributed by atoms with E-state index in [-0.39, 0.29) is 0 Å². The van der Waals surface area contributed by atoms with E-state index < -0.39 is 15.5 Å². The third-order valence-corrected chi connectivity index (χ3v) is 6.23. The lowest BCUT2D eigenvalue weighted by atomic mass is 9.93. The van der Waals surface area contributed by atoms with Gasteiger partial charge in [-0.1, -0.05) is 17.7 Å². The van der Waals surface area contributed by atoms with Crippen molar-refractivity contribution in [2.24, 2.45) is 5.92 Å². The van der Waals surface area contributed by atoms with Gasteiger partial charge in [0.2, 0.25) is 10.0 Å². The first-order valence-corrected chi connectivity index (χ1v) is 9.60. The molecule has 128 valence electrons. The van der Waals surface area contributed by atoms with Crippen LogP contribution in [0.4, 0.5) is 4.79 Å². The second-order valence-electron chi connectivity index (χ2n) is 5.89. The number of ether oxygens (including phenoxy) is 1. The molecule has 23 heavy (non-hydrogen) atoms. The highest BCUT2D eigenvalue weighted by atomic mass is 35.5. The number of hydrogen-bond acceptors (Lipinski definition) is 4. The van der Waals surface area contributed by atoms with E-state index in [2.05, 4.69) is 0 Å². The van der Waals surface area contributed by atoms with E-state index in [1.807, 2.05) is 19.1 Å². The molecule has 2 rings (SSSR count). The van der Waals surface area contributed by atoms with Gasteiger partial charge in [-0.25, -0.2) is 13.2 Å². The van der Waals surface area contributed by atoms with E-state index in [9.17, 15) is 13.2 Å². The number of carbonyl (C=O) groups is 1. The summed E-state index contributed by atoms with van der Waals surface area (Å²) in [5.41, 5.74) is 0.268. The molecule has 5 nitrogen and oxygen atoms in total. The van der Waals surface area contributed by atoms with Gasteiger partial charge in [-0.15, -0.1) is 0 Å². The van der Waals surface area contributed by atoms with Gasteiger partial charge < -0.3 is 4.74 Å². The molecule has 0 aliphatic carbocycles. The van der Waals surface area contributed by atoms with Gasteiger partial charge in [-0.05, 0) is 50.7 Å². The Kier molecular flexibility index (Phi) is 6.44. The fourth-order valence-electron chi connectivity index (χ4n) is 2.82. The fourth-order valence-corrected chi connectivity index (χ4v) is 4.37. The zero-order valence-corrected chi connectivity index (χ0v) is 14.8. The van der Waals surface area contributed by atoms with Crippen LogP contribution in [0.3, 0.4) is 0 Å². The van der Waals surface area contributed by atoms with Gasteiger partial charge in [-0.2, -0.15) is 4.31 Å². The third kappa shape index (κ3) is 5.19. The van der Waals surface area contributed by atoms with Crippen molar-refractivity contribution in [3.05, 3.63) is 29.8 Å². The van der Waals surface area contributed by atoms with Crippen molar-refractivity contribution in [2.75, 3.05) is 19.7 Å². The first-order valence-electron chi connectivity index (χ1n) is 7.78. The van der Waals surface area contributed by atoms with Crippen LogP contribution in [0.15, 0.2) is 29.2 Å². The zero-order chi connectivity index (χ0) is 16.9. The minimum absolute atomic E-state index is 0.324. The lowest BCUT2D eigenvalue weighted by Gasteiger charge is -2.31. The molecular formula is C16H22ClNO4S. The molecule has 1 aliphatic heterocycles. The molecule has 0 atom stereocenters. The van der Waals surface area contributed by atoms with E-state index in [0.29, 0.717) is 30.5 Å². The molecule has 0 radical (unpaired) electrons. The highest BCUT2D eigenvalue weighted by molar-refractivity contribution is 7.89. The number of halogens is 1. The highest BCUT2D eigenvalue weighted by Gasteiger charge is 2.29. The molecule has 1 aliphatic rings.